The van der Waals surface area contributed by atoms with Gasteiger partial charge >= 0.3 is 5.97 Å². The first-order chi connectivity index (χ1) is 8.58. The summed E-state index contributed by atoms with van der Waals surface area (Å²) in [5.74, 6) is -2.29. The molecule has 0 spiro atoms. The van der Waals surface area contributed by atoms with E-state index in [4.69, 9.17) is 10.8 Å². The molecule has 2 aromatic rings. The molecule has 1 aromatic carbocycles. The van der Waals surface area contributed by atoms with Gasteiger partial charge < -0.3 is 20.7 Å². The summed E-state index contributed by atoms with van der Waals surface area (Å²) in [6, 6.07) is 7.71. The topological polar surface area (TPSA) is 118 Å². The third-order valence-corrected chi connectivity index (χ3v) is 2.16. The normalized spacial score (nSPS) is 10.0. The fourth-order valence-electron chi connectivity index (χ4n) is 1.28. The van der Waals surface area contributed by atoms with Gasteiger partial charge in [0.25, 0.3) is 5.91 Å². The van der Waals surface area contributed by atoms with E-state index in [2.05, 4.69) is 15.0 Å². The third kappa shape index (κ3) is 2.29. The highest BCUT2D eigenvalue weighted by Gasteiger charge is 2.17. The monoisotopic (exact) mass is 247 g/mol. The number of carbonyl (C=O) groups is 2. The average Bonchev–Trinajstić information content (AvgIpc) is 2.81. The fourth-order valence-corrected chi connectivity index (χ4v) is 1.28. The predicted octanol–water partition coefficient (Wildman–Crippen LogP) is 1.21. The van der Waals surface area contributed by atoms with E-state index in [-0.39, 0.29) is 5.69 Å². The Bertz CT molecular complexity index is 606. The molecule has 0 saturated carbocycles. The van der Waals surface area contributed by atoms with Crippen LogP contribution >= 0.6 is 0 Å². The van der Waals surface area contributed by atoms with Crippen molar-refractivity contribution in [1.29, 1.82) is 0 Å². The third-order valence-electron chi connectivity index (χ3n) is 2.16. The van der Waals surface area contributed by atoms with Crippen LogP contribution in [0, 0.1) is 0 Å². The van der Waals surface area contributed by atoms with Gasteiger partial charge in [0.05, 0.1) is 11.4 Å². The first-order valence-electron chi connectivity index (χ1n) is 4.94. The number of amides is 1. The zero-order valence-electron chi connectivity index (χ0n) is 9.08. The van der Waals surface area contributed by atoms with Crippen molar-refractivity contribution in [3.05, 3.63) is 41.8 Å². The van der Waals surface area contributed by atoms with Gasteiger partial charge in [-0.1, -0.05) is 17.3 Å². The summed E-state index contributed by atoms with van der Waals surface area (Å²) in [5, 5.41) is 14.5. The number of benzene rings is 1. The van der Waals surface area contributed by atoms with Gasteiger partial charge in [-0.3, -0.25) is 4.79 Å². The molecule has 2 rings (SSSR count). The first kappa shape index (κ1) is 11.6. The van der Waals surface area contributed by atoms with E-state index in [1.54, 1.807) is 24.3 Å². The molecule has 0 atom stereocenters. The predicted molar refractivity (Wildman–Crippen MR) is 62.3 cm³/mol. The van der Waals surface area contributed by atoms with Crippen molar-refractivity contribution in [2.45, 2.75) is 0 Å². The Balaban J connectivity index is 2.17. The molecule has 0 radical (unpaired) electrons. The van der Waals surface area contributed by atoms with Crippen LogP contribution in [0.1, 0.15) is 21.0 Å². The molecule has 0 aliphatic heterocycles. The van der Waals surface area contributed by atoms with E-state index < -0.39 is 17.6 Å². The highest BCUT2D eigenvalue weighted by atomic mass is 16.5. The Morgan fingerprint density at radius 2 is 2.06 bits per heavy atom. The summed E-state index contributed by atoms with van der Waals surface area (Å²) in [6.45, 7) is 0. The van der Waals surface area contributed by atoms with Gasteiger partial charge in [-0.25, -0.2) is 4.79 Å². The highest BCUT2D eigenvalue weighted by molar-refractivity contribution is 6.05. The molecule has 0 saturated heterocycles. The number of aromatic nitrogens is 1. The number of hydrogen-bond donors (Lipinski definition) is 3. The Labute approximate surface area is 101 Å². The van der Waals surface area contributed by atoms with Crippen LogP contribution in [-0.4, -0.2) is 22.1 Å². The molecule has 1 aromatic heterocycles. The number of anilines is 2. The lowest BCUT2D eigenvalue weighted by molar-refractivity contribution is 0.0651. The lowest BCUT2D eigenvalue weighted by atomic mass is 10.2. The van der Waals surface area contributed by atoms with Crippen LogP contribution in [0.3, 0.4) is 0 Å². The Morgan fingerprint density at radius 3 is 2.67 bits per heavy atom. The quantitative estimate of drug-likeness (QED) is 0.701. The molecular weight excluding hydrogens is 238 g/mol. The zero-order chi connectivity index (χ0) is 13.1. The van der Waals surface area contributed by atoms with Gasteiger partial charge in [-0.2, -0.15) is 0 Å². The van der Waals surface area contributed by atoms with Crippen LogP contribution in [0.2, 0.25) is 0 Å². The zero-order valence-corrected chi connectivity index (χ0v) is 9.08. The van der Waals surface area contributed by atoms with Crippen LogP contribution in [0.15, 0.2) is 34.9 Å². The smallest absolute Gasteiger partial charge is 0.374 e. The van der Waals surface area contributed by atoms with E-state index in [0.29, 0.717) is 11.4 Å². The molecule has 0 unspecified atom stereocenters. The van der Waals surface area contributed by atoms with Gasteiger partial charge in [-0.15, -0.1) is 0 Å². The summed E-state index contributed by atoms with van der Waals surface area (Å²) >= 11 is 0. The SMILES string of the molecule is Nc1ccccc1NC(=O)c1cc(C(=O)O)on1. The molecule has 18 heavy (non-hydrogen) atoms. The van der Waals surface area contributed by atoms with Gasteiger partial charge in [0, 0.05) is 6.07 Å². The Hall–Kier alpha value is -2.83. The van der Waals surface area contributed by atoms with Crippen LogP contribution in [-0.2, 0) is 0 Å². The molecule has 4 N–H and O–H groups in total. The molecular formula is C11H9N3O4. The second kappa shape index (κ2) is 4.58. The lowest BCUT2D eigenvalue weighted by Gasteiger charge is -2.05. The number of carboxylic acids is 1. The van der Waals surface area contributed by atoms with Crippen LogP contribution in [0.25, 0.3) is 0 Å². The molecule has 0 aliphatic carbocycles. The Morgan fingerprint density at radius 1 is 1.33 bits per heavy atom. The van der Waals surface area contributed by atoms with E-state index in [1.807, 2.05) is 0 Å². The maximum atomic E-state index is 11.7. The van der Waals surface area contributed by atoms with E-state index >= 15 is 0 Å². The molecule has 1 heterocycles. The summed E-state index contributed by atoms with van der Waals surface area (Å²) in [5.41, 5.74) is 6.33. The summed E-state index contributed by atoms with van der Waals surface area (Å²) in [6.07, 6.45) is 0. The van der Waals surface area contributed by atoms with Crippen LogP contribution < -0.4 is 11.1 Å². The number of carbonyl (C=O) groups excluding carboxylic acids is 1. The molecule has 0 bridgehead atoms. The molecule has 7 nitrogen and oxygen atoms in total. The van der Waals surface area contributed by atoms with Crippen molar-refractivity contribution in [3.63, 3.8) is 0 Å². The van der Waals surface area contributed by atoms with Crippen LogP contribution in [0.5, 0.6) is 0 Å². The average molecular weight is 247 g/mol. The van der Waals surface area contributed by atoms with Gasteiger partial charge in [0.15, 0.2) is 5.69 Å². The van der Waals surface area contributed by atoms with Crippen molar-refractivity contribution >= 4 is 23.3 Å². The maximum Gasteiger partial charge on any atom is 0.374 e. The van der Waals surface area contributed by atoms with Crippen molar-refractivity contribution in [3.8, 4) is 0 Å². The highest BCUT2D eigenvalue weighted by Crippen LogP contribution is 2.17. The number of para-hydroxylation sites is 2. The van der Waals surface area contributed by atoms with E-state index in [0.717, 1.165) is 6.07 Å². The number of nitrogen functional groups attached to an aromatic ring is 1. The van der Waals surface area contributed by atoms with Gasteiger partial charge in [0.2, 0.25) is 5.76 Å². The van der Waals surface area contributed by atoms with E-state index in [9.17, 15) is 9.59 Å². The van der Waals surface area contributed by atoms with E-state index in [1.165, 1.54) is 0 Å². The fraction of sp³-hybridized carbons (Fsp3) is 0. The number of carboxylic acid groups (broad SMARTS) is 1. The molecule has 92 valence electrons. The van der Waals surface area contributed by atoms with Crippen molar-refractivity contribution in [1.82, 2.24) is 5.16 Å². The molecule has 0 fully saturated rings. The number of rotatable bonds is 3. The summed E-state index contributed by atoms with van der Waals surface area (Å²) in [7, 11) is 0. The van der Waals surface area contributed by atoms with Crippen LogP contribution in [0.4, 0.5) is 11.4 Å². The van der Waals surface area contributed by atoms with Crippen molar-refractivity contribution in [2.75, 3.05) is 11.1 Å². The van der Waals surface area contributed by atoms with Gasteiger partial charge in [0.1, 0.15) is 0 Å². The minimum absolute atomic E-state index is 0.129. The standard InChI is InChI=1S/C11H9N3O4/c12-6-3-1-2-4-7(6)13-10(15)8-5-9(11(16)17)18-14-8/h1-5H,12H2,(H,13,15)(H,16,17). The summed E-state index contributed by atoms with van der Waals surface area (Å²) < 4.78 is 4.47. The minimum atomic E-state index is -1.29. The first-order valence-corrected chi connectivity index (χ1v) is 4.94. The number of aromatic carboxylic acids is 1. The van der Waals surface area contributed by atoms with Crippen molar-refractivity contribution in [2.24, 2.45) is 0 Å². The largest absolute Gasteiger partial charge is 0.475 e. The second-order valence-electron chi connectivity index (χ2n) is 3.42. The lowest BCUT2D eigenvalue weighted by Crippen LogP contribution is -2.13. The minimum Gasteiger partial charge on any atom is -0.475 e. The molecule has 0 aliphatic rings. The van der Waals surface area contributed by atoms with Crippen molar-refractivity contribution < 1.29 is 19.2 Å². The second-order valence-corrected chi connectivity index (χ2v) is 3.42. The Kier molecular flexibility index (Phi) is 2.96. The number of nitrogens with two attached hydrogens (primary N) is 1. The number of nitrogens with zero attached hydrogens (tertiary/aromatic N) is 1. The number of nitrogens with one attached hydrogen (secondary N) is 1. The maximum absolute atomic E-state index is 11.7. The summed E-state index contributed by atoms with van der Waals surface area (Å²) in [4.78, 5) is 22.3. The number of hydrogen-bond acceptors (Lipinski definition) is 5. The van der Waals surface area contributed by atoms with Gasteiger partial charge in [-0.05, 0) is 12.1 Å². The molecule has 7 heteroatoms. The molecule has 1 amide bonds.